The Morgan fingerprint density at radius 2 is 1.71 bits per heavy atom. The molecule has 178 valence electrons. The van der Waals surface area contributed by atoms with Crippen LogP contribution in [0.5, 0.6) is 0 Å². The molecule has 1 aliphatic rings. The van der Waals surface area contributed by atoms with Crippen molar-refractivity contribution in [2.75, 3.05) is 11.9 Å². The first-order valence-corrected chi connectivity index (χ1v) is 11.6. The molecule has 9 nitrogen and oxygen atoms in total. The lowest BCUT2D eigenvalue weighted by molar-refractivity contribution is -0.129. The van der Waals surface area contributed by atoms with Gasteiger partial charge in [0.2, 0.25) is 11.9 Å². The van der Waals surface area contributed by atoms with Crippen molar-refractivity contribution < 1.29 is 4.79 Å². The van der Waals surface area contributed by atoms with Crippen LogP contribution in [-0.4, -0.2) is 47.1 Å². The maximum Gasteiger partial charge on any atom is 0.247 e. The molecule has 3 aromatic heterocycles. The number of carbonyl (C=O) groups is 1. The molecule has 0 unspecified atom stereocenters. The van der Waals surface area contributed by atoms with Gasteiger partial charge in [0.15, 0.2) is 5.82 Å². The normalized spacial score (nSPS) is 16.3. The van der Waals surface area contributed by atoms with Gasteiger partial charge in [-0.2, -0.15) is 5.10 Å². The van der Waals surface area contributed by atoms with Gasteiger partial charge >= 0.3 is 0 Å². The number of aromatic nitrogens is 6. The van der Waals surface area contributed by atoms with Crippen molar-refractivity contribution in [1.29, 1.82) is 0 Å². The molecular formula is C25H32N8O. The topological polar surface area (TPSA) is 102 Å². The molecule has 1 N–H and O–H groups in total. The quantitative estimate of drug-likeness (QED) is 0.573. The van der Waals surface area contributed by atoms with Crippen LogP contribution in [0.15, 0.2) is 18.2 Å². The zero-order valence-corrected chi connectivity index (χ0v) is 20.8. The number of rotatable bonds is 5. The molecule has 0 saturated carbocycles. The zero-order chi connectivity index (χ0) is 24.4. The Hall–Kier alpha value is -3.62. The maximum absolute atomic E-state index is 13.2. The van der Waals surface area contributed by atoms with E-state index in [2.05, 4.69) is 20.4 Å². The average Bonchev–Trinajstić information content (AvgIpc) is 3.01. The molecule has 9 heteroatoms. The second-order valence-electron chi connectivity index (χ2n) is 8.94. The smallest absolute Gasteiger partial charge is 0.247 e. The molecule has 0 bridgehead atoms. The molecular weight excluding hydrogens is 428 g/mol. The molecule has 1 fully saturated rings. The van der Waals surface area contributed by atoms with Crippen molar-refractivity contribution in [3.8, 4) is 0 Å². The number of nitrogens with zero attached hydrogens (tertiary/aromatic N) is 7. The third-order valence-corrected chi connectivity index (χ3v) is 6.14. The molecule has 1 atom stereocenters. The minimum atomic E-state index is -0.178. The van der Waals surface area contributed by atoms with Crippen molar-refractivity contribution in [2.45, 2.75) is 59.9 Å². The maximum atomic E-state index is 13.2. The Morgan fingerprint density at radius 1 is 1.00 bits per heavy atom. The van der Waals surface area contributed by atoms with E-state index in [0.717, 1.165) is 53.3 Å². The Morgan fingerprint density at radius 3 is 2.38 bits per heavy atom. The van der Waals surface area contributed by atoms with E-state index < -0.39 is 0 Å². The van der Waals surface area contributed by atoms with E-state index in [-0.39, 0.29) is 11.9 Å². The number of amides is 1. The number of nitrogens with one attached hydrogen (secondary N) is 1. The van der Waals surface area contributed by atoms with Gasteiger partial charge < -0.3 is 10.2 Å². The van der Waals surface area contributed by atoms with E-state index in [1.807, 2.05) is 69.5 Å². The Balaban J connectivity index is 1.59. The van der Waals surface area contributed by atoms with E-state index in [9.17, 15) is 4.79 Å². The fourth-order valence-corrected chi connectivity index (χ4v) is 4.45. The van der Waals surface area contributed by atoms with Crippen LogP contribution in [0.3, 0.4) is 0 Å². The van der Waals surface area contributed by atoms with Gasteiger partial charge in [-0.1, -0.05) is 0 Å². The molecule has 1 aliphatic heterocycles. The highest BCUT2D eigenvalue weighted by atomic mass is 16.2. The molecule has 0 aliphatic carbocycles. The van der Waals surface area contributed by atoms with Crippen LogP contribution in [0.2, 0.25) is 0 Å². The van der Waals surface area contributed by atoms with Crippen molar-refractivity contribution in [1.82, 2.24) is 34.6 Å². The Kier molecular flexibility index (Phi) is 6.72. The van der Waals surface area contributed by atoms with Gasteiger partial charge in [-0.15, -0.1) is 0 Å². The summed E-state index contributed by atoms with van der Waals surface area (Å²) in [5, 5.41) is 7.64. The summed E-state index contributed by atoms with van der Waals surface area (Å²) < 4.78 is 1.83. The highest BCUT2D eigenvalue weighted by molar-refractivity contribution is 5.92. The first-order valence-electron chi connectivity index (χ1n) is 11.6. The minimum Gasteiger partial charge on any atom is -0.329 e. The number of carbonyl (C=O) groups excluding carboxylic acids is 1. The van der Waals surface area contributed by atoms with Gasteiger partial charge in [0.1, 0.15) is 5.82 Å². The number of likely N-dealkylation sites (tertiary alicyclic amines) is 1. The SMILES string of the molecule is Cc1cc(C)nc(Nc2cc(C)nc([C@H]3CCCCN3C(=O)/C=C/c3c(C)nn(C)c3C)n2)n1. The monoisotopic (exact) mass is 460 g/mol. The summed E-state index contributed by atoms with van der Waals surface area (Å²) in [5.74, 6) is 1.73. The van der Waals surface area contributed by atoms with Crippen molar-refractivity contribution >= 4 is 23.7 Å². The number of hydrogen-bond donors (Lipinski definition) is 1. The summed E-state index contributed by atoms with van der Waals surface area (Å²) >= 11 is 0. The molecule has 34 heavy (non-hydrogen) atoms. The number of aryl methyl sites for hydroxylation is 5. The molecule has 1 saturated heterocycles. The average molecular weight is 461 g/mol. The van der Waals surface area contributed by atoms with Crippen molar-refractivity contribution in [3.05, 3.63) is 58.1 Å². The number of piperidine rings is 1. The fourth-order valence-electron chi connectivity index (χ4n) is 4.45. The van der Waals surface area contributed by atoms with Crippen molar-refractivity contribution in [3.63, 3.8) is 0 Å². The van der Waals surface area contributed by atoms with Gasteiger partial charge in [-0.25, -0.2) is 19.9 Å². The lowest BCUT2D eigenvalue weighted by Crippen LogP contribution is -2.38. The first kappa shape index (κ1) is 23.5. The van der Waals surface area contributed by atoms with Gasteiger partial charge in [-0.05, 0) is 66.0 Å². The standard InChI is InChI=1S/C25H32N8O/c1-15-13-16(2)28-25(27-15)30-22-14-17(3)26-24(29-22)21-9-7-8-12-33(21)23(34)11-10-20-18(4)31-32(6)19(20)5/h10-11,13-14,21H,7-9,12H2,1-6H3,(H,26,27,28,29,30)/b11-10+/t21-/m1/s1. The summed E-state index contributed by atoms with van der Waals surface area (Å²) in [5.41, 5.74) is 5.52. The number of hydrogen-bond acceptors (Lipinski definition) is 7. The fraction of sp³-hybridized carbons (Fsp3) is 0.440. The summed E-state index contributed by atoms with van der Waals surface area (Å²) in [4.78, 5) is 33.5. The zero-order valence-electron chi connectivity index (χ0n) is 20.8. The highest BCUT2D eigenvalue weighted by Gasteiger charge is 2.29. The molecule has 0 radical (unpaired) electrons. The van der Waals surface area contributed by atoms with Crippen LogP contribution < -0.4 is 5.32 Å². The van der Waals surface area contributed by atoms with Crippen LogP contribution in [-0.2, 0) is 11.8 Å². The second-order valence-corrected chi connectivity index (χ2v) is 8.94. The summed E-state index contributed by atoms with van der Waals surface area (Å²) in [6, 6.07) is 3.62. The second kappa shape index (κ2) is 9.70. The third kappa shape index (κ3) is 5.13. The molecule has 3 aromatic rings. The Bertz CT molecular complexity index is 1230. The molecule has 4 heterocycles. The van der Waals surface area contributed by atoms with Crippen LogP contribution in [0.25, 0.3) is 6.08 Å². The summed E-state index contributed by atoms with van der Waals surface area (Å²) in [6.45, 7) is 10.4. The van der Waals surface area contributed by atoms with Gasteiger partial charge in [0.05, 0.1) is 11.7 Å². The lowest BCUT2D eigenvalue weighted by Gasteiger charge is -2.34. The van der Waals surface area contributed by atoms with E-state index in [4.69, 9.17) is 9.97 Å². The van der Waals surface area contributed by atoms with E-state index in [1.54, 1.807) is 6.08 Å². The van der Waals surface area contributed by atoms with Gasteiger partial charge in [0, 0.05) is 54.1 Å². The lowest BCUT2D eigenvalue weighted by atomic mass is 10.0. The Labute approximate surface area is 200 Å². The predicted molar refractivity (Wildman–Crippen MR) is 132 cm³/mol. The van der Waals surface area contributed by atoms with E-state index in [0.29, 0.717) is 24.1 Å². The largest absolute Gasteiger partial charge is 0.329 e. The molecule has 0 aromatic carbocycles. The predicted octanol–water partition coefficient (Wildman–Crippen LogP) is 4.05. The first-order chi connectivity index (χ1) is 16.2. The van der Waals surface area contributed by atoms with E-state index >= 15 is 0 Å². The minimum absolute atomic E-state index is 0.0374. The third-order valence-electron chi connectivity index (χ3n) is 6.14. The molecule has 0 spiro atoms. The van der Waals surface area contributed by atoms with Gasteiger partial charge in [0.25, 0.3) is 0 Å². The van der Waals surface area contributed by atoms with Crippen LogP contribution in [0.4, 0.5) is 11.8 Å². The van der Waals surface area contributed by atoms with Crippen LogP contribution in [0, 0.1) is 34.6 Å². The highest BCUT2D eigenvalue weighted by Crippen LogP contribution is 2.30. The molecule has 1 amide bonds. The number of anilines is 2. The summed E-state index contributed by atoms with van der Waals surface area (Å²) in [7, 11) is 1.91. The summed E-state index contributed by atoms with van der Waals surface area (Å²) in [6.07, 6.45) is 6.34. The van der Waals surface area contributed by atoms with E-state index in [1.165, 1.54) is 0 Å². The van der Waals surface area contributed by atoms with Gasteiger partial charge in [-0.3, -0.25) is 9.48 Å². The van der Waals surface area contributed by atoms with Crippen molar-refractivity contribution in [2.24, 2.45) is 7.05 Å². The van der Waals surface area contributed by atoms with Crippen LogP contribution >= 0.6 is 0 Å². The molecule has 4 rings (SSSR count). The van der Waals surface area contributed by atoms with Crippen LogP contribution in [0.1, 0.15) is 65.2 Å².